The van der Waals surface area contributed by atoms with Crippen LogP contribution >= 0.6 is 0 Å². The van der Waals surface area contributed by atoms with Gasteiger partial charge in [0.2, 0.25) is 0 Å². The second-order valence-electron chi connectivity index (χ2n) is 9.27. The molecule has 6 nitrogen and oxygen atoms in total. The van der Waals surface area contributed by atoms with E-state index in [2.05, 4.69) is 89.4 Å². The number of rotatable bonds is 6. The molecule has 0 atom stereocenters. The second kappa shape index (κ2) is 9.39. The zero-order valence-electron chi connectivity index (χ0n) is 20.1. The van der Waals surface area contributed by atoms with E-state index in [-0.39, 0.29) is 5.60 Å². The zero-order chi connectivity index (χ0) is 23.5. The van der Waals surface area contributed by atoms with Crippen LogP contribution in [-0.4, -0.2) is 48.5 Å². The molecular formula is C28H31N5O. The first-order valence-electron chi connectivity index (χ1n) is 11.8. The number of piperazine rings is 1. The summed E-state index contributed by atoms with van der Waals surface area (Å²) < 4.78 is 5.58. The highest BCUT2D eigenvalue weighted by atomic mass is 16.5. The lowest BCUT2D eigenvalue weighted by Crippen LogP contribution is -2.47. The lowest BCUT2D eigenvalue weighted by molar-refractivity contribution is 0.0189. The summed E-state index contributed by atoms with van der Waals surface area (Å²) in [5.41, 5.74) is 3.01. The summed E-state index contributed by atoms with van der Waals surface area (Å²) in [7, 11) is 1.73. The molecule has 174 valence electrons. The molecule has 3 heterocycles. The molecule has 0 unspecified atom stereocenters. The number of fused-ring (bicyclic) bond motifs is 1. The van der Waals surface area contributed by atoms with E-state index in [9.17, 15) is 0 Å². The van der Waals surface area contributed by atoms with E-state index in [1.807, 2.05) is 12.3 Å². The van der Waals surface area contributed by atoms with Crippen molar-refractivity contribution in [3.8, 4) is 0 Å². The van der Waals surface area contributed by atoms with Crippen molar-refractivity contribution in [2.24, 2.45) is 0 Å². The van der Waals surface area contributed by atoms with Crippen LogP contribution in [0.4, 0.5) is 11.6 Å². The third kappa shape index (κ3) is 4.46. The summed E-state index contributed by atoms with van der Waals surface area (Å²) in [5.74, 6) is 1.97. The lowest BCUT2D eigenvalue weighted by atomic mass is 10.0. The molecule has 4 aromatic rings. The van der Waals surface area contributed by atoms with Crippen LogP contribution in [0.25, 0.3) is 10.8 Å². The smallest absolute Gasteiger partial charge is 0.159 e. The van der Waals surface area contributed by atoms with Gasteiger partial charge in [0.15, 0.2) is 5.82 Å². The SMILES string of the molecule is COC(C)(C)c1ccc(N2CCN(c3nnc(Cc4ccccc4)c4ccccc34)CC2)nc1. The average Bonchev–Trinajstić information content (AvgIpc) is 2.90. The van der Waals surface area contributed by atoms with E-state index in [0.29, 0.717) is 0 Å². The molecule has 5 rings (SSSR count). The normalized spacial score (nSPS) is 14.6. The summed E-state index contributed by atoms with van der Waals surface area (Å²) in [4.78, 5) is 9.40. The molecule has 1 aliphatic rings. The summed E-state index contributed by atoms with van der Waals surface area (Å²) >= 11 is 0. The van der Waals surface area contributed by atoms with Crippen molar-refractivity contribution in [2.45, 2.75) is 25.9 Å². The molecular weight excluding hydrogens is 422 g/mol. The van der Waals surface area contributed by atoms with Gasteiger partial charge in [-0.25, -0.2) is 4.98 Å². The molecule has 0 spiro atoms. The number of hydrogen-bond acceptors (Lipinski definition) is 6. The highest BCUT2D eigenvalue weighted by Crippen LogP contribution is 2.29. The number of pyridine rings is 1. The van der Waals surface area contributed by atoms with Crippen molar-refractivity contribution in [3.05, 3.63) is 89.7 Å². The molecule has 0 bridgehead atoms. The predicted molar refractivity (Wildman–Crippen MR) is 137 cm³/mol. The third-order valence-electron chi connectivity index (χ3n) is 6.82. The van der Waals surface area contributed by atoms with Crippen LogP contribution in [0.1, 0.15) is 30.7 Å². The molecule has 2 aromatic carbocycles. The van der Waals surface area contributed by atoms with E-state index in [1.54, 1.807) is 7.11 Å². The van der Waals surface area contributed by atoms with Gasteiger partial charge in [-0.15, -0.1) is 5.10 Å². The van der Waals surface area contributed by atoms with E-state index in [1.165, 1.54) is 16.3 Å². The zero-order valence-corrected chi connectivity index (χ0v) is 20.1. The van der Waals surface area contributed by atoms with Crippen LogP contribution < -0.4 is 9.80 Å². The molecule has 1 saturated heterocycles. The maximum atomic E-state index is 5.58. The largest absolute Gasteiger partial charge is 0.374 e. The third-order valence-corrected chi connectivity index (χ3v) is 6.82. The first kappa shape index (κ1) is 22.3. The molecule has 1 fully saturated rings. The van der Waals surface area contributed by atoms with Gasteiger partial charge in [0.25, 0.3) is 0 Å². The molecule has 2 aromatic heterocycles. The maximum absolute atomic E-state index is 5.58. The monoisotopic (exact) mass is 453 g/mol. The van der Waals surface area contributed by atoms with Crippen LogP contribution in [0.3, 0.4) is 0 Å². The number of anilines is 2. The Morgan fingerprint density at radius 1 is 0.794 bits per heavy atom. The topological polar surface area (TPSA) is 54.4 Å². The minimum absolute atomic E-state index is 0.337. The van der Waals surface area contributed by atoms with Gasteiger partial charge in [-0.2, -0.15) is 5.10 Å². The van der Waals surface area contributed by atoms with Gasteiger partial charge in [-0.3, -0.25) is 0 Å². The fourth-order valence-electron chi connectivity index (χ4n) is 4.49. The quantitative estimate of drug-likeness (QED) is 0.417. The van der Waals surface area contributed by atoms with Gasteiger partial charge in [0, 0.05) is 62.2 Å². The number of aromatic nitrogens is 3. The molecule has 34 heavy (non-hydrogen) atoms. The molecule has 0 N–H and O–H groups in total. The standard InChI is InChI=1S/C28H31N5O/c1-28(2,34-3)22-13-14-26(29-20-22)32-15-17-33(18-16-32)27-24-12-8-7-11-23(24)25(30-31-27)19-21-9-5-4-6-10-21/h4-14,20H,15-19H2,1-3H3. The van der Waals surface area contributed by atoms with Crippen molar-refractivity contribution in [1.29, 1.82) is 0 Å². The van der Waals surface area contributed by atoms with Crippen molar-refractivity contribution in [1.82, 2.24) is 15.2 Å². The number of hydrogen-bond donors (Lipinski definition) is 0. The summed E-state index contributed by atoms with van der Waals surface area (Å²) in [6.07, 6.45) is 2.71. The van der Waals surface area contributed by atoms with Crippen LogP contribution in [0, 0.1) is 0 Å². The van der Waals surface area contributed by atoms with E-state index >= 15 is 0 Å². The van der Waals surface area contributed by atoms with Crippen LogP contribution in [0.2, 0.25) is 0 Å². The Kier molecular flexibility index (Phi) is 6.16. The van der Waals surface area contributed by atoms with Gasteiger partial charge in [-0.05, 0) is 25.5 Å². The highest BCUT2D eigenvalue weighted by Gasteiger charge is 2.24. The molecule has 0 aliphatic carbocycles. The molecule has 6 heteroatoms. The number of methoxy groups -OCH3 is 1. The average molecular weight is 454 g/mol. The first-order chi connectivity index (χ1) is 16.5. The Hall–Kier alpha value is -3.51. The fourth-order valence-corrected chi connectivity index (χ4v) is 4.49. The minimum atomic E-state index is -0.337. The summed E-state index contributed by atoms with van der Waals surface area (Å²) in [6, 6.07) is 23.2. The van der Waals surface area contributed by atoms with Crippen LogP contribution in [0.5, 0.6) is 0 Å². The Balaban J connectivity index is 1.33. The highest BCUT2D eigenvalue weighted by molar-refractivity contribution is 5.93. The predicted octanol–water partition coefficient (Wildman–Crippen LogP) is 4.82. The summed E-state index contributed by atoms with van der Waals surface area (Å²) in [6.45, 7) is 7.65. The molecule has 0 radical (unpaired) electrons. The number of ether oxygens (including phenoxy) is 1. The Morgan fingerprint density at radius 3 is 2.15 bits per heavy atom. The van der Waals surface area contributed by atoms with Crippen molar-refractivity contribution in [3.63, 3.8) is 0 Å². The minimum Gasteiger partial charge on any atom is -0.374 e. The Labute approximate surface area is 201 Å². The fraction of sp³-hybridized carbons (Fsp3) is 0.321. The van der Waals surface area contributed by atoms with Gasteiger partial charge in [-0.1, -0.05) is 60.7 Å². The van der Waals surface area contributed by atoms with E-state index in [0.717, 1.165) is 55.5 Å². The van der Waals surface area contributed by atoms with Crippen LogP contribution in [0.15, 0.2) is 72.9 Å². The van der Waals surface area contributed by atoms with Gasteiger partial charge >= 0.3 is 0 Å². The Bertz CT molecular complexity index is 1250. The van der Waals surface area contributed by atoms with E-state index < -0.39 is 0 Å². The number of nitrogens with zero attached hydrogens (tertiary/aromatic N) is 5. The molecule has 0 saturated carbocycles. The van der Waals surface area contributed by atoms with E-state index in [4.69, 9.17) is 14.8 Å². The molecule has 0 amide bonds. The second-order valence-corrected chi connectivity index (χ2v) is 9.27. The van der Waals surface area contributed by atoms with Crippen molar-refractivity contribution >= 4 is 22.4 Å². The van der Waals surface area contributed by atoms with Crippen molar-refractivity contribution < 1.29 is 4.74 Å². The van der Waals surface area contributed by atoms with Gasteiger partial charge < -0.3 is 14.5 Å². The van der Waals surface area contributed by atoms with Gasteiger partial charge in [0.05, 0.1) is 11.3 Å². The summed E-state index contributed by atoms with van der Waals surface area (Å²) in [5, 5.41) is 11.7. The molecule has 1 aliphatic heterocycles. The first-order valence-corrected chi connectivity index (χ1v) is 11.8. The lowest BCUT2D eigenvalue weighted by Gasteiger charge is -2.36. The maximum Gasteiger partial charge on any atom is 0.159 e. The van der Waals surface area contributed by atoms with Crippen LogP contribution in [-0.2, 0) is 16.8 Å². The number of benzene rings is 2. The van der Waals surface area contributed by atoms with Gasteiger partial charge in [0.1, 0.15) is 5.82 Å². The van der Waals surface area contributed by atoms with Crippen molar-refractivity contribution in [2.75, 3.05) is 43.1 Å². The Morgan fingerprint density at radius 2 is 1.47 bits per heavy atom.